The van der Waals surface area contributed by atoms with Crippen LogP contribution in [0.2, 0.25) is 5.02 Å². The van der Waals surface area contributed by atoms with Crippen LogP contribution >= 0.6 is 95.9 Å². The van der Waals surface area contributed by atoms with Crippen molar-refractivity contribution < 1.29 is 36.2 Å². The summed E-state index contributed by atoms with van der Waals surface area (Å²) in [6, 6.07) is 22.8. The van der Waals surface area contributed by atoms with Crippen molar-refractivity contribution in [2.45, 2.75) is 11.3 Å². The molecule has 4 unspecified atom stereocenters. The maximum absolute atomic E-state index is 12.0. The summed E-state index contributed by atoms with van der Waals surface area (Å²) in [7, 11) is 11.7. The zero-order chi connectivity index (χ0) is 34.4. The Morgan fingerprint density at radius 1 is 1.00 bits per heavy atom. The number of hydrogen-bond donors (Lipinski definition) is 0. The zero-order valence-corrected chi connectivity index (χ0v) is 34.5. The third kappa shape index (κ3) is 14.1. The highest BCUT2D eigenvalue weighted by molar-refractivity contribution is 9.10. The van der Waals surface area contributed by atoms with E-state index in [-0.39, 0.29) is 17.4 Å². The number of benzene rings is 4. The molecule has 4 atom stereocenters. The highest BCUT2D eigenvalue weighted by Crippen LogP contribution is 2.71. The van der Waals surface area contributed by atoms with E-state index in [0.717, 1.165) is 63.8 Å². The minimum atomic E-state index is -3.82. The maximum Gasteiger partial charge on any atom is 0.337 e. The lowest BCUT2D eigenvalue weighted by molar-refractivity contribution is 0.0600. The Labute approximate surface area is 302 Å². The van der Waals surface area contributed by atoms with Crippen molar-refractivity contribution in [2.24, 2.45) is 0 Å². The molecule has 0 saturated heterocycles. The number of carbonyl (C=O) groups is 1. The van der Waals surface area contributed by atoms with Crippen LogP contribution in [0.4, 0.5) is 8.78 Å². The molecule has 4 aromatic rings. The van der Waals surface area contributed by atoms with Crippen molar-refractivity contribution in [1.29, 1.82) is 0 Å². The molecule has 18 heteroatoms. The fourth-order valence-electron chi connectivity index (χ4n) is 3.32. The first-order valence-corrected chi connectivity index (χ1v) is 24.9. The van der Waals surface area contributed by atoms with Crippen molar-refractivity contribution >= 4 is 111 Å². The van der Waals surface area contributed by atoms with Gasteiger partial charge in [0.1, 0.15) is 0 Å². The lowest BCUT2D eigenvalue weighted by atomic mass is 10.0. The van der Waals surface area contributed by atoms with Gasteiger partial charge in [-0.2, -0.15) is 0 Å². The monoisotopic (exact) mass is 912 g/mol. The predicted octanol–water partition coefficient (Wildman–Crippen LogP) is 11.7. The lowest BCUT2D eigenvalue weighted by Gasteiger charge is -2.07. The molecule has 1 aliphatic heterocycles. The van der Waals surface area contributed by atoms with Gasteiger partial charge in [-0.25, -0.2) is 22.0 Å². The van der Waals surface area contributed by atoms with E-state index in [1.165, 1.54) is 7.11 Å². The van der Waals surface area contributed by atoms with Gasteiger partial charge in [0.25, 0.3) is 15.5 Å². The van der Waals surface area contributed by atoms with E-state index in [2.05, 4.69) is 63.4 Å². The molecule has 0 saturated carbocycles. The van der Waals surface area contributed by atoms with Gasteiger partial charge in [-0.15, -0.1) is 26.8 Å². The van der Waals surface area contributed by atoms with Crippen LogP contribution in [0, 0.1) is 0 Å². The van der Waals surface area contributed by atoms with Crippen LogP contribution < -0.4 is 9.47 Å². The molecule has 1 aliphatic rings. The Morgan fingerprint density at radius 2 is 1.63 bits per heavy atom. The molecule has 0 aliphatic carbocycles. The maximum atomic E-state index is 12.0. The van der Waals surface area contributed by atoms with Crippen molar-refractivity contribution in [1.82, 2.24) is 0 Å². The van der Waals surface area contributed by atoms with Crippen LogP contribution in [0.5, 0.6) is 11.5 Å². The van der Waals surface area contributed by atoms with Gasteiger partial charge in [0.15, 0.2) is 11.5 Å². The van der Waals surface area contributed by atoms with Gasteiger partial charge in [-0.05, 0) is 77.0 Å². The van der Waals surface area contributed by atoms with E-state index in [4.69, 9.17) is 31.8 Å². The molecule has 6 nitrogen and oxygen atoms in total. The average Bonchev–Trinajstić information content (AvgIpc) is 3.52. The summed E-state index contributed by atoms with van der Waals surface area (Å²) in [5.74, 6) is 1.23. The van der Waals surface area contributed by atoms with Gasteiger partial charge in [0.05, 0.1) is 22.0 Å². The van der Waals surface area contributed by atoms with Crippen molar-refractivity contribution in [3.63, 3.8) is 0 Å². The minimum Gasteiger partial charge on any atom is -0.465 e. The van der Waals surface area contributed by atoms with E-state index in [1.54, 1.807) is 12.1 Å². The second-order valence-electron chi connectivity index (χ2n) is 8.51. The summed E-state index contributed by atoms with van der Waals surface area (Å²) in [6.07, 6.45) is -2.60. The molecule has 0 spiro atoms. The molecule has 1 heterocycles. The van der Waals surface area contributed by atoms with Crippen LogP contribution in [-0.4, -0.2) is 28.3 Å². The van der Waals surface area contributed by atoms with Gasteiger partial charge in [0, 0.05) is 31.3 Å². The topological polar surface area (TPSA) is 78.9 Å². The van der Waals surface area contributed by atoms with Crippen LogP contribution in [0.3, 0.4) is 0 Å². The van der Waals surface area contributed by atoms with Crippen LogP contribution in [0.25, 0.3) is 11.1 Å². The molecule has 248 valence electrons. The van der Waals surface area contributed by atoms with Crippen molar-refractivity contribution in [3.05, 3.63) is 110 Å². The first-order valence-electron chi connectivity index (χ1n) is 12.4. The number of para-hydroxylation sites is 1. The van der Waals surface area contributed by atoms with Gasteiger partial charge in [0.2, 0.25) is 6.79 Å². The number of fused-ring (bicyclic) bond motifs is 1. The Balaban J connectivity index is 0.000000231. The number of esters is 1. The molecule has 0 N–H and O–H groups in total. The number of methoxy groups -OCH3 is 1. The zero-order valence-electron chi connectivity index (χ0n) is 23.7. The van der Waals surface area contributed by atoms with E-state index in [0.29, 0.717) is 17.4 Å². The van der Waals surface area contributed by atoms with Gasteiger partial charge < -0.3 is 14.2 Å². The second-order valence-corrected chi connectivity index (χ2v) is 27.2. The van der Waals surface area contributed by atoms with Crippen molar-refractivity contribution in [3.8, 4) is 22.6 Å². The Kier molecular flexibility index (Phi) is 18.9. The number of rotatable bonds is 5. The quantitative estimate of drug-likeness (QED) is 0.113. The van der Waals surface area contributed by atoms with E-state index in [9.17, 15) is 22.0 Å². The van der Waals surface area contributed by atoms with Crippen LogP contribution in [-0.2, 0) is 13.8 Å². The summed E-state index contributed by atoms with van der Waals surface area (Å²) in [5, 5.41) is 0.524. The molecule has 0 amide bonds. The Morgan fingerprint density at radius 3 is 2.13 bits per heavy atom. The van der Waals surface area contributed by atoms with E-state index in [1.807, 2.05) is 48.5 Å². The molecule has 0 fully saturated rings. The smallest absolute Gasteiger partial charge is 0.337 e. The molecule has 0 radical (unpaired) electrons. The third-order valence-electron chi connectivity index (χ3n) is 5.44. The summed E-state index contributed by atoms with van der Waals surface area (Å²) < 4.78 is 62.3. The third-order valence-corrected chi connectivity index (χ3v) is 20.2. The number of hydrogen-bond acceptors (Lipinski definition) is 6. The largest absolute Gasteiger partial charge is 0.465 e. The minimum absolute atomic E-state index is 0.182. The standard InChI is InChI=1S/C14H10BrClO2.C7H5BrO2.C7H5ClF2O2S.H7P5/c1-18-14(17)10-5-6-12(13(16)8-10)9-3-2-4-11(15)7-9;8-5-2-1-3-6-7(5)10-4-9-6;8-13(11,12)6-3-1-5(2-4-6)7(9)10;1-4-5(2)3/h2-8H,1H3;1-3H,4H2;1-4,7H;4H,1-3H2. The summed E-state index contributed by atoms with van der Waals surface area (Å²) in [5.41, 5.74) is 2.08. The fraction of sp³-hybridized carbons (Fsp3) is 0.107. The molecule has 0 aromatic heterocycles. The SMILES string of the molecule is Brc1cccc2c1OCO2.COC(=O)c1ccc(-c2cccc(Br)c2)c(Cl)c1.O=S(=O)(Cl)c1ccc(C(F)F)cc1.PPP(P)P. The number of ether oxygens (including phenoxy) is 3. The first-order chi connectivity index (χ1) is 21.7. The number of alkyl halides is 2. The van der Waals surface area contributed by atoms with Crippen LogP contribution in [0.15, 0.2) is 98.8 Å². The predicted molar refractivity (Wildman–Crippen MR) is 205 cm³/mol. The highest BCUT2D eigenvalue weighted by Gasteiger charge is 2.15. The number of halogens is 6. The van der Waals surface area contributed by atoms with Gasteiger partial charge >= 0.3 is 5.97 Å². The molecule has 0 bridgehead atoms. The summed E-state index contributed by atoms with van der Waals surface area (Å²) in [4.78, 5) is 11.2. The van der Waals surface area contributed by atoms with Gasteiger partial charge in [-0.3, -0.25) is 0 Å². The average molecular weight is 915 g/mol. The lowest BCUT2D eigenvalue weighted by Crippen LogP contribution is -2.00. The molecule has 4 aromatic carbocycles. The van der Waals surface area contributed by atoms with Crippen LogP contribution in [0.1, 0.15) is 22.3 Å². The molecular weight excluding hydrogens is 888 g/mol. The fourth-order valence-corrected chi connectivity index (χ4v) is 5.24. The highest BCUT2D eigenvalue weighted by atomic mass is 79.9. The van der Waals surface area contributed by atoms with E-state index >= 15 is 0 Å². The summed E-state index contributed by atoms with van der Waals surface area (Å²) >= 11 is 13.0. The Hall–Kier alpha value is -0.550. The van der Waals surface area contributed by atoms with Gasteiger partial charge in [-0.1, -0.05) is 71.9 Å². The molecular formula is C28H27Br2Cl2F2O6P5S. The van der Waals surface area contributed by atoms with Crippen molar-refractivity contribution in [2.75, 3.05) is 13.9 Å². The summed E-state index contributed by atoms with van der Waals surface area (Å²) in [6.45, 7) is 0.557. The second kappa shape index (κ2) is 20.8. The Bertz CT molecular complexity index is 1710. The molecule has 46 heavy (non-hydrogen) atoms. The number of carbonyl (C=O) groups excluding carboxylic acids is 1. The first kappa shape index (κ1) is 41.6. The normalized spacial score (nSPS) is 11.7. The van der Waals surface area contributed by atoms with E-state index < -0.39 is 21.4 Å². The molecule has 5 rings (SSSR count).